The molecule has 31 heavy (non-hydrogen) atoms. The average Bonchev–Trinajstić information content (AvgIpc) is 3.28. The molecule has 1 aliphatic carbocycles. The van der Waals surface area contributed by atoms with Gasteiger partial charge in [-0.3, -0.25) is 9.59 Å². The Morgan fingerprint density at radius 1 is 1.06 bits per heavy atom. The van der Waals surface area contributed by atoms with E-state index in [0.29, 0.717) is 13.1 Å². The molecule has 2 amide bonds. The largest absolute Gasteiger partial charge is 0.340 e. The first-order valence-corrected chi connectivity index (χ1v) is 11.3. The van der Waals surface area contributed by atoms with Gasteiger partial charge in [-0.05, 0) is 54.8 Å². The Hall–Kier alpha value is -2.51. The van der Waals surface area contributed by atoms with E-state index in [1.54, 1.807) is 22.0 Å². The van der Waals surface area contributed by atoms with Crippen molar-refractivity contribution in [1.82, 2.24) is 9.80 Å². The van der Waals surface area contributed by atoms with Crippen molar-refractivity contribution >= 4 is 22.9 Å². The van der Waals surface area contributed by atoms with Gasteiger partial charge in [0.1, 0.15) is 0 Å². The van der Waals surface area contributed by atoms with Crippen molar-refractivity contribution in [2.24, 2.45) is 5.41 Å². The summed E-state index contributed by atoms with van der Waals surface area (Å²) in [5.74, 6) is 0.0196. The molecular weight excluding hydrogens is 408 g/mol. The van der Waals surface area contributed by atoms with Crippen molar-refractivity contribution in [1.29, 1.82) is 0 Å². The van der Waals surface area contributed by atoms with E-state index < -0.39 is 10.8 Å². The molecule has 0 unspecified atom stereocenters. The van der Waals surface area contributed by atoms with Crippen molar-refractivity contribution in [2.75, 3.05) is 20.1 Å². The molecule has 3 rings (SSSR count). The van der Waals surface area contributed by atoms with Crippen LogP contribution >= 0.6 is 11.6 Å². The van der Waals surface area contributed by atoms with Crippen LogP contribution in [0.4, 0.5) is 4.79 Å². The summed E-state index contributed by atoms with van der Waals surface area (Å²) in [4.78, 5) is 28.5. The highest BCUT2D eigenvalue weighted by Crippen LogP contribution is 2.36. The minimum atomic E-state index is -0.708. The van der Waals surface area contributed by atoms with Crippen molar-refractivity contribution in [2.45, 2.75) is 53.5 Å². The van der Waals surface area contributed by atoms with Crippen molar-refractivity contribution in [3.05, 3.63) is 71.2 Å². The number of rotatable bonds is 4. The number of carbonyl (C=O) groups excluding carboxylic acids is 2. The fraction of sp³-hybridized carbons (Fsp3) is 0.462. The van der Waals surface area contributed by atoms with E-state index in [0.717, 1.165) is 11.1 Å². The van der Waals surface area contributed by atoms with Gasteiger partial charge in [0.25, 0.3) is 0 Å². The standard InChI is InChI=1S/C22H23ClN2O2.2C2H6/c1-22(2,17-12-8-5-9-13-17)20(26)24(3)19-15-25(21(23)27)14-18(19)16-10-6-4-7-11-16;2*1-2/h4,6-8,10-13,18-19H,14-15H2,1-3H3;2*1-2H3/t18-,19+;;/m0../s1. The summed E-state index contributed by atoms with van der Waals surface area (Å²) >= 11 is 5.75. The van der Waals surface area contributed by atoms with Crippen LogP contribution in [0.3, 0.4) is 0 Å². The van der Waals surface area contributed by atoms with Crippen LogP contribution in [-0.2, 0) is 4.79 Å². The molecule has 4 nitrogen and oxygen atoms in total. The molecule has 1 fully saturated rings. The first kappa shape index (κ1) is 26.5. The third-order valence-corrected chi connectivity index (χ3v) is 5.74. The molecule has 0 saturated carbocycles. The molecule has 0 radical (unpaired) electrons. The summed E-state index contributed by atoms with van der Waals surface area (Å²) in [6.07, 6.45) is 5.45. The summed E-state index contributed by atoms with van der Waals surface area (Å²) in [7, 11) is 1.81. The lowest BCUT2D eigenvalue weighted by molar-refractivity contribution is -0.139. The highest BCUT2D eigenvalue weighted by Gasteiger charge is 2.43. The average molecular weight is 443 g/mol. The van der Waals surface area contributed by atoms with Crippen LogP contribution in [0.25, 0.3) is 0 Å². The van der Waals surface area contributed by atoms with Gasteiger partial charge < -0.3 is 9.80 Å². The highest BCUT2D eigenvalue weighted by molar-refractivity contribution is 6.62. The van der Waals surface area contributed by atoms with Gasteiger partial charge in [0.05, 0.1) is 11.5 Å². The minimum Gasteiger partial charge on any atom is -0.340 e. The molecule has 1 aromatic rings. The normalized spacial score (nSPS) is 19.0. The van der Waals surface area contributed by atoms with E-state index in [9.17, 15) is 9.59 Å². The third-order valence-electron chi connectivity index (χ3n) is 5.50. The number of likely N-dealkylation sites (N-methyl/N-ethyl adjacent to an activating group) is 1. The summed E-state index contributed by atoms with van der Waals surface area (Å²) in [5.41, 5.74) is 7.07. The molecule has 1 saturated heterocycles. The predicted molar refractivity (Wildman–Crippen MR) is 129 cm³/mol. The number of benzene rings is 1. The fourth-order valence-electron chi connectivity index (χ4n) is 3.80. The number of allylic oxidation sites excluding steroid dienone is 3. The molecule has 0 bridgehead atoms. The van der Waals surface area contributed by atoms with Crippen molar-refractivity contribution < 1.29 is 9.59 Å². The zero-order valence-electron chi connectivity index (χ0n) is 19.8. The summed E-state index contributed by atoms with van der Waals surface area (Å²) < 4.78 is 0. The SMILES string of the molecule is CC.CC.CN(C(=O)C(C)(C)C1=CC=C=C=C1)[C@@H]1CN(C(=O)Cl)C[C@H]1c1ccccc1. The van der Waals surface area contributed by atoms with Crippen LogP contribution in [0.1, 0.15) is 53.0 Å². The Kier molecular flexibility index (Phi) is 10.6. The Labute approximate surface area is 192 Å². The molecule has 1 heterocycles. The number of carbonyl (C=O) groups is 2. The lowest BCUT2D eigenvalue weighted by Crippen LogP contribution is -2.47. The monoisotopic (exact) mass is 442 g/mol. The van der Waals surface area contributed by atoms with E-state index >= 15 is 0 Å². The molecule has 0 N–H and O–H groups in total. The molecule has 2 aliphatic rings. The maximum atomic E-state index is 13.4. The zero-order valence-corrected chi connectivity index (χ0v) is 20.5. The molecule has 1 aromatic carbocycles. The fourth-order valence-corrected chi connectivity index (χ4v) is 3.94. The first-order valence-electron chi connectivity index (χ1n) is 11.0. The summed E-state index contributed by atoms with van der Waals surface area (Å²) in [6.45, 7) is 12.7. The van der Waals surface area contributed by atoms with Gasteiger partial charge in [-0.2, -0.15) is 0 Å². The summed E-state index contributed by atoms with van der Waals surface area (Å²) in [6, 6.07) is 9.83. The van der Waals surface area contributed by atoms with Crippen LogP contribution in [-0.4, -0.2) is 47.3 Å². The minimum absolute atomic E-state index is 0.00287. The van der Waals surface area contributed by atoms with Crippen LogP contribution < -0.4 is 0 Å². The smallest absolute Gasteiger partial charge is 0.316 e. The van der Waals surface area contributed by atoms with Gasteiger partial charge in [0, 0.05) is 26.1 Å². The number of hydrogen-bond acceptors (Lipinski definition) is 2. The van der Waals surface area contributed by atoms with Gasteiger partial charge in [-0.25, -0.2) is 0 Å². The second-order valence-electron chi connectivity index (χ2n) is 7.51. The van der Waals surface area contributed by atoms with Crippen LogP contribution in [0.15, 0.2) is 65.6 Å². The number of hydrogen-bond donors (Lipinski definition) is 0. The third kappa shape index (κ3) is 6.24. The van der Waals surface area contributed by atoms with E-state index in [4.69, 9.17) is 11.6 Å². The lowest BCUT2D eigenvalue weighted by atomic mass is 9.81. The number of nitrogens with zero attached hydrogens (tertiary/aromatic N) is 2. The number of halogens is 1. The topological polar surface area (TPSA) is 40.6 Å². The van der Waals surface area contributed by atoms with Gasteiger partial charge in [0.2, 0.25) is 5.91 Å². The van der Waals surface area contributed by atoms with Crippen LogP contribution in [0, 0.1) is 5.41 Å². The Morgan fingerprint density at radius 2 is 1.68 bits per heavy atom. The highest BCUT2D eigenvalue weighted by atomic mass is 35.5. The van der Waals surface area contributed by atoms with Crippen molar-refractivity contribution in [3.8, 4) is 0 Å². The lowest BCUT2D eigenvalue weighted by Gasteiger charge is -2.36. The van der Waals surface area contributed by atoms with Crippen LogP contribution in [0.5, 0.6) is 0 Å². The number of amides is 2. The van der Waals surface area contributed by atoms with Gasteiger partial charge in [-0.1, -0.05) is 69.5 Å². The molecular formula is C26H35ClN2O2. The Balaban J connectivity index is 0.00000113. The molecule has 0 spiro atoms. The molecule has 1 aliphatic heterocycles. The molecule has 5 heteroatoms. The quantitative estimate of drug-likeness (QED) is 0.318. The number of likely N-dealkylation sites (tertiary alicyclic amines) is 1. The first-order chi connectivity index (χ1) is 14.8. The van der Waals surface area contributed by atoms with E-state index in [1.165, 1.54) is 0 Å². The molecule has 168 valence electrons. The predicted octanol–water partition coefficient (Wildman–Crippen LogP) is 6.16. The maximum absolute atomic E-state index is 13.4. The van der Waals surface area contributed by atoms with Gasteiger partial charge >= 0.3 is 5.37 Å². The van der Waals surface area contributed by atoms with E-state index in [1.807, 2.05) is 85.0 Å². The Morgan fingerprint density at radius 3 is 2.19 bits per heavy atom. The van der Waals surface area contributed by atoms with E-state index in [2.05, 4.69) is 11.5 Å². The Bertz CT molecular complexity index is 876. The molecule has 0 aromatic heterocycles. The zero-order chi connectivity index (χ0) is 23.6. The second kappa shape index (κ2) is 12.4. The van der Waals surface area contributed by atoms with Gasteiger partial charge in [0.15, 0.2) is 0 Å². The van der Waals surface area contributed by atoms with E-state index in [-0.39, 0.29) is 17.9 Å². The summed E-state index contributed by atoms with van der Waals surface area (Å²) in [5, 5.41) is -0.480. The molecule has 2 atom stereocenters. The van der Waals surface area contributed by atoms with Crippen molar-refractivity contribution in [3.63, 3.8) is 0 Å². The van der Waals surface area contributed by atoms with Crippen LogP contribution in [0.2, 0.25) is 0 Å². The van der Waals surface area contributed by atoms with Gasteiger partial charge in [-0.15, -0.1) is 0 Å². The maximum Gasteiger partial charge on any atom is 0.316 e. The second-order valence-corrected chi connectivity index (χ2v) is 7.83.